The molecule has 0 aliphatic carbocycles. The molecule has 0 bridgehead atoms. The second-order valence-corrected chi connectivity index (χ2v) is 5.52. The molecule has 1 heterocycles. The molecule has 0 unspecified atom stereocenters. The summed E-state index contributed by atoms with van der Waals surface area (Å²) in [5, 5.41) is 0. The molecule has 2 nitrogen and oxygen atoms in total. The van der Waals surface area contributed by atoms with Crippen LogP contribution in [0.2, 0.25) is 0 Å². The first kappa shape index (κ1) is 12.1. The van der Waals surface area contributed by atoms with E-state index in [4.69, 9.17) is 5.73 Å². The Morgan fingerprint density at radius 2 is 1.71 bits per heavy atom. The lowest BCUT2D eigenvalue weighted by molar-refractivity contribution is 0.940. The van der Waals surface area contributed by atoms with E-state index in [0.717, 1.165) is 6.54 Å². The Hall–Kier alpha value is -1.32. The summed E-state index contributed by atoms with van der Waals surface area (Å²) in [6.45, 7) is 3.68. The topological polar surface area (TPSA) is 29.3 Å². The minimum absolute atomic E-state index is 0.638. The van der Waals surface area contributed by atoms with Gasteiger partial charge in [0.05, 0.1) is 6.54 Å². The zero-order chi connectivity index (χ0) is 12.3. The van der Waals surface area contributed by atoms with E-state index >= 15 is 0 Å². The van der Waals surface area contributed by atoms with E-state index in [-0.39, 0.29) is 0 Å². The zero-order valence-corrected chi connectivity index (χ0v) is 11.1. The predicted molar refractivity (Wildman–Crippen MR) is 75.5 cm³/mol. The maximum atomic E-state index is 5.62. The summed E-state index contributed by atoms with van der Waals surface area (Å²) < 4.78 is 0. The van der Waals surface area contributed by atoms with Crippen molar-refractivity contribution in [3.05, 3.63) is 51.7 Å². The average Bonchev–Trinajstić information content (AvgIpc) is 2.77. The van der Waals surface area contributed by atoms with Gasteiger partial charge in [0.1, 0.15) is 0 Å². The molecular formula is C14H18N2S. The van der Waals surface area contributed by atoms with Gasteiger partial charge in [0.2, 0.25) is 0 Å². The van der Waals surface area contributed by atoms with Crippen molar-refractivity contribution in [2.75, 3.05) is 11.9 Å². The lowest BCUT2D eigenvalue weighted by Crippen LogP contribution is -2.15. The number of thiophene rings is 1. The molecule has 1 aromatic carbocycles. The zero-order valence-electron chi connectivity index (χ0n) is 10.3. The first-order valence-corrected chi connectivity index (χ1v) is 6.56. The Labute approximate surface area is 107 Å². The van der Waals surface area contributed by atoms with E-state index in [1.165, 1.54) is 21.0 Å². The average molecular weight is 246 g/mol. The number of hydrogen-bond donors (Lipinski definition) is 1. The van der Waals surface area contributed by atoms with Crippen LogP contribution in [0.25, 0.3) is 0 Å². The van der Waals surface area contributed by atoms with Crippen LogP contribution in [0.1, 0.15) is 15.3 Å². The number of aryl methyl sites for hydroxylation is 1. The highest BCUT2D eigenvalue weighted by Crippen LogP contribution is 2.21. The molecular weight excluding hydrogens is 228 g/mol. The quantitative estimate of drug-likeness (QED) is 0.898. The molecule has 2 rings (SSSR count). The fraction of sp³-hybridized carbons (Fsp3) is 0.286. The molecule has 1 aromatic heterocycles. The third kappa shape index (κ3) is 3.08. The van der Waals surface area contributed by atoms with Gasteiger partial charge in [-0.05, 0) is 31.2 Å². The minimum Gasteiger partial charge on any atom is -0.369 e. The van der Waals surface area contributed by atoms with E-state index in [0.29, 0.717) is 6.54 Å². The lowest BCUT2D eigenvalue weighted by atomic mass is 10.2. The Kier molecular flexibility index (Phi) is 3.82. The van der Waals surface area contributed by atoms with Gasteiger partial charge < -0.3 is 10.6 Å². The van der Waals surface area contributed by atoms with Gasteiger partial charge in [-0.15, -0.1) is 11.3 Å². The third-order valence-corrected chi connectivity index (χ3v) is 3.88. The van der Waals surface area contributed by atoms with Gasteiger partial charge in [-0.2, -0.15) is 0 Å². The summed E-state index contributed by atoms with van der Waals surface area (Å²) >= 11 is 1.79. The minimum atomic E-state index is 0.638. The monoisotopic (exact) mass is 246 g/mol. The molecule has 0 aliphatic rings. The summed E-state index contributed by atoms with van der Waals surface area (Å²) in [7, 11) is 2.12. The molecule has 0 amide bonds. The number of anilines is 1. The van der Waals surface area contributed by atoms with Crippen molar-refractivity contribution in [2.45, 2.75) is 20.0 Å². The summed E-state index contributed by atoms with van der Waals surface area (Å²) in [4.78, 5) is 4.86. The second-order valence-electron chi connectivity index (χ2n) is 4.26. The van der Waals surface area contributed by atoms with Crippen molar-refractivity contribution >= 4 is 17.0 Å². The first-order chi connectivity index (χ1) is 8.19. The first-order valence-electron chi connectivity index (χ1n) is 5.74. The highest BCUT2D eigenvalue weighted by atomic mass is 32.1. The second kappa shape index (κ2) is 5.34. The predicted octanol–water partition coefficient (Wildman–Crippen LogP) is 3.15. The van der Waals surface area contributed by atoms with Crippen molar-refractivity contribution in [1.82, 2.24) is 0 Å². The highest BCUT2D eigenvalue weighted by molar-refractivity contribution is 7.12. The molecule has 0 radical (unpaired) electrons. The molecule has 0 saturated carbocycles. The lowest BCUT2D eigenvalue weighted by Gasteiger charge is -2.18. The van der Waals surface area contributed by atoms with Gasteiger partial charge in [0, 0.05) is 29.0 Å². The van der Waals surface area contributed by atoms with E-state index in [1.54, 1.807) is 11.3 Å². The van der Waals surface area contributed by atoms with Crippen LogP contribution in [0.4, 0.5) is 5.69 Å². The van der Waals surface area contributed by atoms with Gasteiger partial charge >= 0.3 is 0 Å². The summed E-state index contributed by atoms with van der Waals surface area (Å²) in [5.74, 6) is 0. The number of nitrogens with zero attached hydrogens (tertiary/aromatic N) is 1. The SMILES string of the molecule is Cc1ccc(N(C)Cc2ccc(CN)s2)cc1. The fourth-order valence-corrected chi connectivity index (χ4v) is 2.69. The van der Waals surface area contributed by atoms with Gasteiger partial charge in [-0.1, -0.05) is 17.7 Å². The van der Waals surface area contributed by atoms with E-state index in [9.17, 15) is 0 Å². The Bertz CT molecular complexity index is 473. The fourth-order valence-electron chi connectivity index (χ4n) is 1.74. The van der Waals surface area contributed by atoms with E-state index in [2.05, 4.69) is 55.3 Å². The van der Waals surface area contributed by atoms with Crippen molar-refractivity contribution < 1.29 is 0 Å². The molecule has 0 atom stereocenters. The Morgan fingerprint density at radius 3 is 2.29 bits per heavy atom. The highest BCUT2D eigenvalue weighted by Gasteiger charge is 2.04. The largest absolute Gasteiger partial charge is 0.369 e. The number of benzene rings is 1. The number of hydrogen-bond acceptors (Lipinski definition) is 3. The van der Waals surface area contributed by atoms with Crippen LogP contribution in [0.3, 0.4) is 0 Å². The molecule has 17 heavy (non-hydrogen) atoms. The molecule has 3 heteroatoms. The van der Waals surface area contributed by atoms with Gasteiger partial charge in [-0.3, -0.25) is 0 Å². The summed E-state index contributed by atoms with van der Waals surface area (Å²) in [6.07, 6.45) is 0. The van der Waals surface area contributed by atoms with Crippen molar-refractivity contribution in [2.24, 2.45) is 5.73 Å². The van der Waals surface area contributed by atoms with Crippen molar-refractivity contribution in [1.29, 1.82) is 0 Å². The smallest absolute Gasteiger partial charge is 0.0519 e. The number of nitrogens with two attached hydrogens (primary N) is 1. The maximum Gasteiger partial charge on any atom is 0.0519 e. The number of rotatable bonds is 4. The van der Waals surface area contributed by atoms with E-state index < -0.39 is 0 Å². The van der Waals surface area contributed by atoms with Crippen molar-refractivity contribution in [3.63, 3.8) is 0 Å². The summed E-state index contributed by atoms with van der Waals surface area (Å²) in [5.41, 5.74) is 8.16. The van der Waals surface area contributed by atoms with Gasteiger partial charge in [0.15, 0.2) is 0 Å². The molecule has 0 saturated heterocycles. The molecule has 2 aromatic rings. The van der Waals surface area contributed by atoms with E-state index in [1.807, 2.05) is 0 Å². The van der Waals surface area contributed by atoms with Crippen LogP contribution in [-0.2, 0) is 13.1 Å². The summed E-state index contributed by atoms with van der Waals surface area (Å²) in [6, 6.07) is 12.9. The van der Waals surface area contributed by atoms with Crippen LogP contribution >= 0.6 is 11.3 Å². The van der Waals surface area contributed by atoms with Gasteiger partial charge in [-0.25, -0.2) is 0 Å². The Balaban J connectivity index is 2.05. The van der Waals surface area contributed by atoms with Crippen LogP contribution in [0.15, 0.2) is 36.4 Å². The Morgan fingerprint density at radius 1 is 1.06 bits per heavy atom. The normalized spacial score (nSPS) is 10.5. The van der Waals surface area contributed by atoms with Crippen molar-refractivity contribution in [3.8, 4) is 0 Å². The molecule has 0 spiro atoms. The van der Waals surface area contributed by atoms with Crippen LogP contribution < -0.4 is 10.6 Å². The molecule has 0 fully saturated rings. The molecule has 90 valence electrons. The van der Waals surface area contributed by atoms with Gasteiger partial charge in [0.25, 0.3) is 0 Å². The third-order valence-electron chi connectivity index (χ3n) is 2.79. The standard InChI is InChI=1S/C14H18N2S/c1-11-3-5-12(6-4-11)16(2)10-14-8-7-13(9-15)17-14/h3-8H,9-10,15H2,1-2H3. The maximum absolute atomic E-state index is 5.62. The molecule has 2 N–H and O–H groups in total. The van der Waals surface area contributed by atoms with Crippen LogP contribution in [0, 0.1) is 6.92 Å². The van der Waals surface area contributed by atoms with Crippen LogP contribution in [-0.4, -0.2) is 7.05 Å². The molecule has 0 aliphatic heterocycles. The van der Waals surface area contributed by atoms with Crippen LogP contribution in [0.5, 0.6) is 0 Å².